The molecule has 0 aliphatic heterocycles. The van der Waals surface area contributed by atoms with Crippen molar-refractivity contribution >= 4 is 17.8 Å². The standard InChI is InChI=1S/C12H16N2O5/c1-2-7-3-5-9(19-7)11(16)14-8(12(17)18)4-6-10(13)15/h3,5,8H,2,4,6H2,1H3,(H2,13,15)(H,14,16)(H,17,18). The lowest BCUT2D eigenvalue weighted by Gasteiger charge is -2.12. The molecule has 0 aliphatic carbocycles. The molecule has 0 aromatic carbocycles. The molecule has 2 amide bonds. The Bertz CT molecular complexity index is 480. The Hall–Kier alpha value is -2.31. The third-order valence-electron chi connectivity index (χ3n) is 2.52. The van der Waals surface area contributed by atoms with Crippen molar-refractivity contribution in [3.05, 3.63) is 23.7 Å². The molecular formula is C12H16N2O5. The van der Waals surface area contributed by atoms with Gasteiger partial charge in [-0.15, -0.1) is 0 Å². The van der Waals surface area contributed by atoms with Crippen LogP contribution in [0.15, 0.2) is 16.5 Å². The minimum atomic E-state index is -1.23. The molecule has 0 aliphatic rings. The number of aryl methyl sites for hydroxylation is 1. The zero-order chi connectivity index (χ0) is 14.4. The minimum Gasteiger partial charge on any atom is -0.480 e. The van der Waals surface area contributed by atoms with Gasteiger partial charge in [-0.3, -0.25) is 9.59 Å². The lowest BCUT2D eigenvalue weighted by molar-refractivity contribution is -0.139. The van der Waals surface area contributed by atoms with Gasteiger partial charge in [0.25, 0.3) is 5.91 Å². The average Bonchev–Trinajstić information content (AvgIpc) is 2.82. The van der Waals surface area contributed by atoms with E-state index in [2.05, 4.69) is 5.32 Å². The van der Waals surface area contributed by atoms with Gasteiger partial charge in [0.15, 0.2) is 5.76 Å². The second-order valence-electron chi connectivity index (χ2n) is 3.99. The molecule has 1 rings (SSSR count). The maximum atomic E-state index is 11.7. The van der Waals surface area contributed by atoms with Crippen molar-refractivity contribution in [2.24, 2.45) is 5.73 Å². The second-order valence-corrected chi connectivity index (χ2v) is 3.99. The number of carbonyl (C=O) groups is 3. The summed E-state index contributed by atoms with van der Waals surface area (Å²) in [5, 5.41) is 11.2. The zero-order valence-electron chi connectivity index (χ0n) is 10.5. The van der Waals surface area contributed by atoms with Crippen molar-refractivity contribution in [2.45, 2.75) is 32.2 Å². The fourth-order valence-electron chi connectivity index (χ4n) is 1.46. The van der Waals surface area contributed by atoms with E-state index < -0.39 is 23.8 Å². The van der Waals surface area contributed by atoms with Crippen LogP contribution < -0.4 is 11.1 Å². The molecule has 19 heavy (non-hydrogen) atoms. The first-order valence-electron chi connectivity index (χ1n) is 5.84. The molecule has 0 radical (unpaired) electrons. The molecule has 1 aromatic heterocycles. The Morgan fingerprint density at radius 2 is 2.11 bits per heavy atom. The summed E-state index contributed by atoms with van der Waals surface area (Å²) >= 11 is 0. The van der Waals surface area contributed by atoms with Gasteiger partial charge in [0, 0.05) is 12.8 Å². The van der Waals surface area contributed by atoms with Crippen LogP contribution in [0.4, 0.5) is 0 Å². The predicted molar refractivity (Wildman–Crippen MR) is 65.4 cm³/mol. The highest BCUT2D eigenvalue weighted by Crippen LogP contribution is 2.09. The second kappa shape index (κ2) is 6.58. The highest BCUT2D eigenvalue weighted by atomic mass is 16.4. The van der Waals surface area contributed by atoms with Gasteiger partial charge in [-0.2, -0.15) is 0 Å². The number of nitrogens with one attached hydrogen (secondary N) is 1. The molecule has 7 heteroatoms. The number of hydrogen-bond acceptors (Lipinski definition) is 4. The van der Waals surface area contributed by atoms with Crippen molar-refractivity contribution in [1.29, 1.82) is 0 Å². The molecular weight excluding hydrogens is 252 g/mol. The monoisotopic (exact) mass is 268 g/mol. The third kappa shape index (κ3) is 4.46. The quantitative estimate of drug-likeness (QED) is 0.656. The van der Waals surface area contributed by atoms with E-state index in [1.165, 1.54) is 6.07 Å². The number of hydrogen-bond donors (Lipinski definition) is 3. The summed E-state index contributed by atoms with van der Waals surface area (Å²) in [4.78, 5) is 33.3. The van der Waals surface area contributed by atoms with Gasteiger partial charge >= 0.3 is 5.97 Å². The summed E-state index contributed by atoms with van der Waals surface area (Å²) in [5.41, 5.74) is 4.94. The van der Waals surface area contributed by atoms with Crippen molar-refractivity contribution in [2.75, 3.05) is 0 Å². The molecule has 0 saturated heterocycles. The molecule has 1 atom stereocenters. The fraction of sp³-hybridized carbons (Fsp3) is 0.417. The number of amides is 2. The summed E-state index contributed by atoms with van der Waals surface area (Å²) in [6.45, 7) is 1.87. The van der Waals surface area contributed by atoms with Gasteiger partial charge in [-0.25, -0.2) is 4.79 Å². The minimum absolute atomic E-state index is 0.0437. The topological polar surface area (TPSA) is 123 Å². The van der Waals surface area contributed by atoms with Crippen LogP contribution in [-0.4, -0.2) is 28.9 Å². The predicted octanol–water partition coefficient (Wildman–Crippen LogP) is 0.291. The highest BCUT2D eigenvalue weighted by Gasteiger charge is 2.22. The molecule has 0 spiro atoms. The molecule has 1 unspecified atom stereocenters. The molecule has 0 saturated carbocycles. The van der Waals surface area contributed by atoms with Gasteiger partial charge in [0.05, 0.1) is 0 Å². The number of rotatable bonds is 7. The fourth-order valence-corrected chi connectivity index (χ4v) is 1.46. The van der Waals surface area contributed by atoms with E-state index in [9.17, 15) is 14.4 Å². The Balaban J connectivity index is 2.65. The molecule has 1 aromatic rings. The molecule has 7 nitrogen and oxygen atoms in total. The number of carbonyl (C=O) groups excluding carboxylic acids is 2. The van der Waals surface area contributed by atoms with Crippen LogP contribution in [0.25, 0.3) is 0 Å². The van der Waals surface area contributed by atoms with Crippen LogP contribution in [0, 0.1) is 0 Å². The Kier molecular flexibility index (Phi) is 5.11. The number of carboxylic acid groups (broad SMARTS) is 1. The van der Waals surface area contributed by atoms with E-state index in [4.69, 9.17) is 15.3 Å². The van der Waals surface area contributed by atoms with Crippen molar-refractivity contribution in [1.82, 2.24) is 5.32 Å². The van der Waals surface area contributed by atoms with Gasteiger partial charge in [0.1, 0.15) is 11.8 Å². The summed E-state index contributed by atoms with van der Waals surface area (Å²) in [7, 11) is 0. The summed E-state index contributed by atoms with van der Waals surface area (Å²) in [6.07, 6.45) is 0.463. The van der Waals surface area contributed by atoms with Crippen LogP contribution in [-0.2, 0) is 16.0 Å². The maximum Gasteiger partial charge on any atom is 0.326 e. The molecule has 0 bridgehead atoms. The third-order valence-corrected chi connectivity index (χ3v) is 2.52. The van der Waals surface area contributed by atoms with E-state index in [-0.39, 0.29) is 18.6 Å². The molecule has 1 heterocycles. The maximum absolute atomic E-state index is 11.7. The van der Waals surface area contributed by atoms with Crippen LogP contribution in [0.2, 0.25) is 0 Å². The van der Waals surface area contributed by atoms with E-state index in [1.54, 1.807) is 6.07 Å². The lowest BCUT2D eigenvalue weighted by Crippen LogP contribution is -2.41. The number of carboxylic acids is 1. The Morgan fingerprint density at radius 1 is 1.42 bits per heavy atom. The number of aliphatic carboxylic acids is 1. The normalized spacial score (nSPS) is 11.8. The van der Waals surface area contributed by atoms with Gasteiger partial charge in [0.2, 0.25) is 5.91 Å². The number of nitrogens with two attached hydrogens (primary N) is 1. The molecule has 104 valence electrons. The highest BCUT2D eigenvalue weighted by molar-refractivity contribution is 5.94. The zero-order valence-corrected chi connectivity index (χ0v) is 10.5. The molecule has 0 fully saturated rings. The molecule has 4 N–H and O–H groups in total. The van der Waals surface area contributed by atoms with E-state index in [1.807, 2.05) is 6.92 Å². The van der Waals surface area contributed by atoms with Crippen molar-refractivity contribution < 1.29 is 23.9 Å². The first-order valence-corrected chi connectivity index (χ1v) is 5.84. The van der Waals surface area contributed by atoms with Crippen LogP contribution in [0.1, 0.15) is 36.1 Å². The van der Waals surface area contributed by atoms with Crippen LogP contribution in [0.5, 0.6) is 0 Å². The van der Waals surface area contributed by atoms with Crippen LogP contribution >= 0.6 is 0 Å². The van der Waals surface area contributed by atoms with Crippen molar-refractivity contribution in [3.8, 4) is 0 Å². The largest absolute Gasteiger partial charge is 0.480 e. The first-order chi connectivity index (χ1) is 8.93. The van der Waals surface area contributed by atoms with Crippen molar-refractivity contribution in [3.63, 3.8) is 0 Å². The van der Waals surface area contributed by atoms with E-state index in [0.717, 1.165) is 0 Å². The summed E-state index contributed by atoms with van der Waals surface area (Å²) < 4.78 is 5.20. The average molecular weight is 268 g/mol. The Morgan fingerprint density at radius 3 is 2.58 bits per heavy atom. The SMILES string of the molecule is CCc1ccc(C(=O)NC(CCC(N)=O)C(=O)O)o1. The van der Waals surface area contributed by atoms with Gasteiger partial charge in [-0.1, -0.05) is 6.92 Å². The smallest absolute Gasteiger partial charge is 0.326 e. The van der Waals surface area contributed by atoms with Crippen LogP contribution in [0.3, 0.4) is 0 Å². The summed E-state index contributed by atoms with van der Waals surface area (Å²) in [5.74, 6) is -1.79. The first kappa shape index (κ1) is 14.7. The lowest BCUT2D eigenvalue weighted by atomic mass is 10.1. The Labute approximate surface area is 109 Å². The van der Waals surface area contributed by atoms with Gasteiger partial charge in [-0.05, 0) is 18.6 Å². The number of primary amides is 1. The van der Waals surface area contributed by atoms with Gasteiger partial charge < -0.3 is 20.6 Å². The van der Waals surface area contributed by atoms with E-state index in [0.29, 0.717) is 12.2 Å². The summed E-state index contributed by atoms with van der Waals surface area (Å²) in [6, 6.07) is 1.95. The van der Waals surface area contributed by atoms with E-state index >= 15 is 0 Å². The number of furan rings is 1.